The Labute approximate surface area is 880 Å². The van der Waals surface area contributed by atoms with E-state index in [1.165, 1.54) is 25.6 Å². The van der Waals surface area contributed by atoms with E-state index in [0.717, 1.165) is 4.90 Å². The van der Waals surface area contributed by atoms with Gasteiger partial charge in [-0.25, -0.2) is 4.98 Å². The summed E-state index contributed by atoms with van der Waals surface area (Å²) in [4.78, 5) is 322. The number of nitrogens with zero attached hydrogens (tertiary/aromatic N) is 2. The largest absolute Gasteiger partial charge is 0.481 e. The van der Waals surface area contributed by atoms with Gasteiger partial charge in [0.05, 0.1) is 63.8 Å². The van der Waals surface area contributed by atoms with E-state index >= 15 is 4.79 Å². The number of nitrogens with two attached hydrogens (primary N) is 7. The number of hydrogen-bond donors (Lipinski definition) is 39. The SMILES string of the molecule is C[C@H](NC(=O)[C@H](Cc1c[nH]cn1)NC(=O)[C@H](CC(=O)O)NC(=O)[C@H](CCCNC(=N)N)NC(=O)[C@H](Cc1c[nH]c2ccccc12)NC(=O)[C@H](CCCCN)NC(=O)[C@H](CO)NC(=O)[C@H](CO)NC(=O)[C@H](CS)NC(=O)CNC(=O)[C@H](CCCCN)NC(=O)[C@@H]1CCCN1C(=O)CNC(=O)[C@H](CC(N)=O)NC(=O)[C@H](CS)NC(=O)[C@H](CS)NC(=O)CNC(=O)[C@@H](N)CCC(=O)O)C(=O)N[C@@H](CCCNC(=N)N)C(=O)N[C@@H](CS)C(N)=O. The first-order valence-corrected chi connectivity index (χ1v) is 49.9. The van der Waals surface area contributed by atoms with Crippen LogP contribution in [0.3, 0.4) is 0 Å². The van der Waals surface area contributed by atoms with Crippen molar-refractivity contribution >= 4 is 209 Å². The summed E-state index contributed by atoms with van der Waals surface area (Å²) in [5.41, 5.74) is 40.0. The fourth-order valence-electron chi connectivity index (χ4n) is 14.5. The standard InChI is InChI=1S/C86H137N33O27S4/c1-41(69(131)107-49(15-8-22-97-85(92)93)75(137)117-57(36-147)68(91)130)104-76(138)52(26-43-30-96-40-103-43)112-78(140)54(28-67(128)129)114-74(136)50(16-9-23-98-86(94)95)108-77(139)51(25-42-29-99-46-12-3-2-11-44(42)46)111-73(135)48(14-5-7-21-88)109-79(141)55(34-120)115-80(142)56(35-121)116-81(143)58(37-148)105-64(124)32-101-71(133)47(13-4-6-20-87)110-84(146)61-17-10-24-119(61)65(125)33-102-72(134)53(27-62(90)122)113-83(145)60(39-150)118-82(144)59(38-149)106-63(123)31-100-70(132)45(89)18-19-66(126)127/h2-3,11-12,29-30,40-41,45,47-61,99,120-121,147-150H,4-10,13-28,31-39,87-89H2,1H3,(H2,90,122)(H2,91,130)(H,96,103)(H,100,132)(H,101,133)(H,102,134)(H,104,138)(H,105,124)(H,106,123)(H,107,131)(H,108,139)(H,109,141)(H,110,146)(H,111,135)(H,112,140)(H,113,145)(H,114,136)(H,115,142)(H,116,143)(H,117,137)(H,118,144)(H,126,127)(H,128,129)(H4,92,93,97)(H4,94,95,98)/t41-,45-,47-,48-,49-,50-,51-,52-,53-,54-,55-,56-,57-,58-,59-,60-,61-/m0/s1. The fourth-order valence-corrected chi connectivity index (χ4v) is 15.6. The van der Waals surface area contributed by atoms with Crippen LogP contribution in [-0.2, 0) is 123 Å². The maximum absolute atomic E-state index is 15.1. The number of imidazole rings is 1. The van der Waals surface area contributed by atoms with Gasteiger partial charge in [0.25, 0.3) is 0 Å². The summed E-state index contributed by atoms with van der Waals surface area (Å²) in [7, 11) is 0. The molecular formula is C86H137N33O27S4. The number of H-pyrrole nitrogens is 2. The third-order valence-electron chi connectivity index (χ3n) is 22.6. The molecule has 0 aliphatic carbocycles. The minimum Gasteiger partial charge on any atom is -0.481 e. The third-order valence-corrected chi connectivity index (χ3v) is 24.1. The van der Waals surface area contributed by atoms with E-state index in [1.54, 1.807) is 24.3 Å². The average Bonchev–Trinajstić information content (AvgIpc) is 1.67. The number of aromatic nitrogens is 3. The Balaban J connectivity index is 1.49. The monoisotopic (exact) mass is 2190 g/mol. The highest BCUT2D eigenvalue weighted by atomic mass is 32.1. The number of carbonyl (C=O) groups is 23. The molecule has 0 spiro atoms. The number of unbranched alkanes of at least 4 members (excludes halogenated alkanes) is 2. The number of carboxylic acids is 2. The summed E-state index contributed by atoms with van der Waals surface area (Å²) >= 11 is 16.4. The smallest absolute Gasteiger partial charge is 0.305 e. The second-order valence-corrected chi connectivity index (χ2v) is 35.7. The second-order valence-electron chi connectivity index (χ2n) is 34.3. The van der Waals surface area contributed by atoms with Gasteiger partial charge in [-0.15, -0.1) is 0 Å². The molecule has 150 heavy (non-hydrogen) atoms. The predicted octanol–water partition coefficient (Wildman–Crippen LogP) is -15.2. The van der Waals surface area contributed by atoms with E-state index < -0.39 is 327 Å². The minimum absolute atomic E-state index is 0.0377. The van der Waals surface area contributed by atoms with Gasteiger partial charge >= 0.3 is 11.9 Å². The number of amides is 21. The first-order valence-electron chi connectivity index (χ1n) is 47.3. The molecule has 0 bridgehead atoms. The summed E-state index contributed by atoms with van der Waals surface area (Å²) in [5.74, 6) is -27.6. The van der Waals surface area contributed by atoms with Crippen LogP contribution in [-0.4, -0.2) is 379 Å². The van der Waals surface area contributed by atoms with E-state index in [2.05, 4.69) is 172 Å². The van der Waals surface area contributed by atoms with Crippen LogP contribution in [0.5, 0.6) is 0 Å². The van der Waals surface area contributed by atoms with Crippen molar-refractivity contribution in [2.24, 2.45) is 40.1 Å². The van der Waals surface area contributed by atoms with Gasteiger partial charge in [-0.3, -0.25) is 121 Å². The molecule has 1 fully saturated rings. The van der Waals surface area contributed by atoms with Crippen molar-refractivity contribution in [2.45, 2.75) is 225 Å². The van der Waals surface area contributed by atoms with Gasteiger partial charge in [0.15, 0.2) is 11.9 Å². The number of aliphatic hydroxyl groups is 2. The Hall–Kier alpha value is -14.5. The van der Waals surface area contributed by atoms with Gasteiger partial charge in [0, 0.05) is 85.2 Å². The summed E-state index contributed by atoms with van der Waals surface area (Å²) in [6.07, 6.45) is 0.883. The lowest BCUT2D eigenvalue weighted by Gasteiger charge is -2.28. The minimum atomic E-state index is -2.09. The van der Waals surface area contributed by atoms with Crippen molar-refractivity contribution in [2.75, 3.05) is 88.6 Å². The summed E-state index contributed by atoms with van der Waals surface area (Å²) in [6, 6.07) is -20.8. The van der Waals surface area contributed by atoms with Gasteiger partial charge < -0.3 is 182 Å². The number of benzene rings is 1. The van der Waals surface area contributed by atoms with Crippen molar-refractivity contribution in [1.82, 2.24) is 126 Å². The molecule has 1 aromatic carbocycles. The molecule has 3 heterocycles. The molecule has 60 nitrogen and oxygen atoms in total. The zero-order valence-corrected chi connectivity index (χ0v) is 85.5. The first kappa shape index (κ1) is 128. The second kappa shape index (κ2) is 67.5. The number of rotatable bonds is 71. The molecule has 1 aliphatic rings. The number of guanidine groups is 2. The van der Waals surface area contributed by atoms with Crippen LogP contribution in [0.1, 0.15) is 121 Å². The van der Waals surface area contributed by atoms with Gasteiger partial charge in [0.1, 0.15) is 96.7 Å². The Kier molecular flexibility index (Phi) is 57.5. The molecule has 1 aliphatic heterocycles. The highest BCUT2D eigenvalue weighted by Gasteiger charge is 2.41. The third kappa shape index (κ3) is 45.7. The van der Waals surface area contributed by atoms with Crippen LogP contribution in [0.15, 0.2) is 43.0 Å². The van der Waals surface area contributed by atoms with Crippen molar-refractivity contribution in [3.8, 4) is 0 Å². The lowest BCUT2D eigenvalue weighted by molar-refractivity contribution is -0.142. The molecule has 4 rings (SSSR count). The highest BCUT2D eigenvalue weighted by Crippen LogP contribution is 2.22. The number of carbonyl (C=O) groups excluding carboxylic acids is 21. The molecule has 3 aromatic rings. The molecule has 17 atom stereocenters. The molecule has 1 saturated heterocycles. The van der Waals surface area contributed by atoms with Crippen LogP contribution < -0.4 is 146 Å². The summed E-state index contributed by atoms with van der Waals surface area (Å²) in [6.45, 7) is -3.54. The zero-order chi connectivity index (χ0) is 112. The number of aliphatic carboxylic acids is 2. The van der Waals surface area contributed by atoms with E-state index in [0.29, 0.717) is 22.9 Å². The lowest BCUT2D eigenvalue weighted by atomic mass is 10.0. The average molecular weight is 2190 g/mol. The number of primary amides is 2. The zero-order valence-electron chi connectivity index (χ0n) is 81.9. The number of aromatic amines is 2. The normalized spacial score (nSPS) is 15.2. The molecular weight excluding hydrogens is 2060 g/mol. The fraction of sp³-hybridized carbons (Fsp3) is 0.581. The molecule has 832 valence electrons. The van der Waals surface area contributed by atoms with Gasteiger partial charge in [0.2, 0.25) is 124 Å². The number of para-hydroxylation sites is 1. The van der Waals surface area contributed by atoms with Crippen LogP contribution in [0.4, 0.5) is 0 Å². The number of nitrogens with one attached hydrogen (secondary N) is 24. The number of carboxylic acid groups (broad SMARTS) is 2. The van der Waals surface area contributed by atoms with Gasteiger partial charge in [-0.1, -0.05) is 18.2 Å². The quantitative estimate of drug-likeness (QED) is 0.0108. The van der Waals surface area contributed by atoms with Gasteiger partial charge in [-0.2, -0.15) is 50.5 Å². The van der Waals surface area contributed by atoms with Crippen molar-refractivity contribution in [3.63, 3.8) is 0 Å². The summed E-state index contributed by atoms with van der Waals surface area (Å²) in [5, 5.41) is 103. The van der Waals surface area contributed by atoms with Crippen LogP contribution in [0.25, 0.3) is 10.9 Å². The Morgan fingerprint density at radius 1 is 0.433 bits per heavy atom. The maximum Gasteiger partial charge on any atom is 0.305 e. The van der Waals surface area contributed by atoms with Crippen LogP contribution >= 0.6 is 50.5 Å². The molecule has 0 unspecified atom stereocenters. The Morgan fingerprint density at radius 3 is 1.30 bits per heavy atom. The number of thiol groups is 4. The van der Waals surface area contributed by atoms with Gasteiger partial charge in [-0.05, 0) is 115 Å². The van der Waals surface area contributed by atoms with E-state index in [9.17, 15) is 121 Å². The van der Waals surface area contributed by atoms with E-state index in [1.807, 2.05) is 0 Å². The molecule has 42 N–H and O–H groups in total. The maximum atomic E-state index is 15.1. The predicted molar refractivity (Wildman–Crippen MR) is 546 cm³/mol. The van der Waals surface area contributed by atoms with Crippen LogP contribution in [0.2, 0.25) is 0 Å². The topological polar surface area (TPSA) is 992 Å². The highest BCUT2D eigenvalue weighted by molar-refractivity contribution is 7.80. The number of fused-ring (bicyclic) bond motifs is 1. The Bertz CT molecular complexity index is 5170. The Morgan fingerprint density at radius 2 is 0.833 bits per heavy atom. The first-order chi connectivity index (χ1) is 71.2. The lowest BCUT2D eigenvalue weighted by Crippen LogP contribution is -2.61. The van der Waals surface area contributed by atoms with Crippen LogP contribution in [0, 0.1) is 10.8 Å². The molecule has 21 amide bonds. The molecule has 64 heteroatoms. The van der Waals surface area contributed by atoms with E-state index in [4.69, 9.17) is 56.1 Å². The summed E-state index contributed by atoms with van der Waals surface area (Å²) < 4.78 is 0. The van der Waals surface area contributed by atoms with Crippen molar-refractivity contribution in [1.29, 1.82) is 10.8 Å². The molecule has 0 radical (unpaired) electrons. The molecule has 0 saturated carbocycles. The number of hydrogen-bond acceptors (Lipinski definition) is 35. The van der Waals surface area contributed by atoms with Crippen molar-refractivity contribution < 1.29 is 131 Å². The molecule has 2 aromatic heterocycles. The van der Waals surface area contributed by atoms with E-state index in [-0.39, 0.29) is 127 Å². The number of likely N-dealkylation sites (tertiary alicyclic amines) is 1. The number of aliphatic hydroxyl groups excluding tert-OH is 2. The van der Waals surface area contributed by atoms with Crippen molar-refractivity contribution in [3.05, 3.63) is 54.2 Å².